The lowest BCUT2D eigenvalue weighted by atomic mass is 10.2. The lowest BCUT2D eigenvalue weighted by Crippen LogP contribution is -2.31. The van der Waals surface area contributed by atoms with Gasteiger partial charge in [-0.2, -0.15) is 0 Å². The standard InChI is InChI=1S/C12H15N2O/c1-15-11-14-8-7-13(10-14)9-12-5-3-2-4-6-12/h2-8,10H,9,11H2,1H3/q+1. The van der Waals surface area contributed by atoms with E-state index in [1.165, 1.54) is 5.56 Å². The van der Waals surface area contributed by atoms with E-state index in [2.05, 4.69) is 28.8 Å². The van der Waals surface area contributed by atoms with Crippen LogP contribution in [-0.4, -0.2) is 11.7 Å². The Labute approximate surface area is 89.5 Å². The summed E-state index contributed by atoms with van der Waals surface area (Å²) < 4.78 is 9.18. The minimum atomic E-state index is 0.599. The highest BCUT2D eigenvalue weighted by Crippen LogP contribution is 1.97. The molecule has 0 unspecified atom stereocenters. The Kier molecular flexibility index (Phi) is 3.15. The highest BCUT2D eigenvalue weighted by Gasteiger charge is 2.03. The van der Waals surface area contributed by atoms with Crippen LogP contribution in [0.3, 0.4) is 0 Å². The molecule has 0 fully saturated rings. The normalized spacial score (nSPS) is 10.5. The molecule has 0 spiro atoms. The van der Waals surface area contributed by atoms with E-state index in [-0.39, 0.29) is 0 Å². The molecule has 0 atom stereocenters. The smallest absolute Gasteiger partial charge is 0.245 e. The summed E-state index contributed by atoms with van der Waals surface area (Å²) in [5.41, 5.74) is 1.30. The van der Waals surface area contributed by atoms with Gasteiger partial charge in [-0.25, -0.2) is 9.13 Å². The topological polar surface area (TPSA) is 18.0 Å². The molecule has 3 nitrogen and oxygen atoms in total. The van der Waals surface area contributed by atoms with E-state index in [1.54, 1.807) is 7.11 Å². The summed E-state index contributed by atoms with van der Waals surface area (Å²) in [5, 5.41) is 0. The van der Waals surface area contributed by atoms with E-state index >= 15 is 0 Å². The fraction of sp³-hybridized carbons (Fsp3) is 0.250. The molecule has 15 heavy (non-hydrogen) atoms. The first kappa shape index (κ1) is 9.93. The van der Waals surface area contributed by atoms with Crippen LogP contribution in [0, 0.1) is 0 Å². The molecule has 0 amide bonds. The van der Waals surface area contributed by atoms with Gasteiger partial charge < -0.3 is 4.74 Å². The maximum atomic E-state index is 5.04. The van der Waals surface area contributed by atoms with Crippen LogP contribution >= 0.6 is 0 Å². The molecule has 0 aliphatic heterocycles. The molecule has 0 aliphatic carbocycles. The average molecular weight is 203 g/mol. The van der Waals surface area contributed by atoms with Crippen molar-refractivity contribution in [3.05, 3.63) is 54.6 Å². The Morgan fingerprint density at radius 3 is 2.80 bits per heavy atom. The molecule has 1 aromatic heterocycles. The van der Waals surface area contributed by atoms with Gasteiger partial charge in [-0.3, -0.25) is 0 Å². The maximum Gasteiger partial charge on any atom is 0.245 e. The Bertz CT molecular complexity index is 409. The zero-order valence-electron chi connectivity index (χ0n) is 8.84. The number of nitrogens with zero attached hydrogens (tertiary/aromatic N) is 2. The Morgan fingerprint density at radius 2 is 2.07 bits per heavy atom. The number of hydrogen-bond donors (Lipinski definition) is 0. The molecule has 0 aliphatic rings. The van der Waals surface area contributed by atoms with Gasteiger partial charge in [0.1, 0.15) is 18.9 Å². The first-order chi connectivity index (χ1) is 7.38. The van der Waals surface area contributed by atoms with Crippen molar-refractivity contribution in [1.29, 1.82) is 0 Å². The fourth-order valence-corrected chi connectivity index (χ4v) is 1.55. The van der Waals surface area contributed by atoms with Crippen LogP contribution in [-0.2, 0) is 18.0 Å². The van der Waals surface area contributed by atoms with Crippen LogP contribution in [0.5, 0.6) is 0 Å². The second-order valence-corrected chi connectivity index (χ2v) is 3.50. The number of methoxy groups -OCH3 is 1. The summed E-state index contributed by atoms with van der Waals surface area (Å²) in [4.78, 5) is 0. The zero-order chi connectivity index (χ0) is 10.5. The Hall–Kier alpha value is -1.61. The van der Waals surface area contributed by atoms with Gasteiger partial charge in [0.25, 0.3) is 0 Å². The largest absolute Gasteiger partial charge is 0.345 e. The van der Waals surface area contributed by atoms with Crippen molar-refractivity contribution in [3.63, 3.8) is 0 Å². The lowest BCUT2D eigenvalue weighted by Gasteiger charge is -1.96. The van der Waals surface area contributed by atoms with Crippen molar-refractivity contribution in [2.24, 2.45) is 0 Å². The molecule has 2 aromatic rings. The van der Waals surface area contributed by atoms with Gasteiger partial charge in [-0.05, 0) is 5.56 Å². The number of hydrogen-bond acceptors (Lipinski definition) is 1. The average Bonchev–Trinajstić information content (AvgIpc) is 2.68. The summed E-state index contributed by atoms with van der Waals surface area (Å²) in [6.45, 7) is 1.50. The number of ether oxygens (including phenoxy) is 1. The molecule has 1 aromatic carbocycles. The minimum absolute atomic E-state index is 0.599. The third-order valence-corrected chi connectivity index (χ3v) is 2.23. The third-order valence-electron chi connectivity index (χ3n) is 2.23. The van der Waals surface area contributed by atoms with E-state index in [9.17, 15) is 0 Å². The van der Waals surface area contributed by atoms with Gasteiger partial charge in [-0.1, -0.05) is 30.3 Å². The van der Waals surface area contributed by atoms with Gasteiger partial charge in [0.05, 0.1) is 0 Å². The molecule has 0 N–H and O–H groups in total. The SMILES string of the molecule is COCn1cc[n+](Cc2ccccc2)c1. The van der Waals surface area contributed by atoms with Crippen LogP contribution in [0.4, 0.5) is 0 Å². The summed E-state index contributed by atoms with van der Waals surface area (Å²) in [6, 6.07) is 10.4. The summed E-state index contributed by atoms with van der Waals surface area (Å²) in [6.07, 6.45) is 6.09. The summed E-state index contributed by atoms with van der Waals surface area (Å²) in [7, 11) is 1.70. The second kappa shape index (κ2) is 4.75. The van der Waals surface area contributed by atoms with Crippen molar-refractivity contribution in [1.82, 2.24) is 4.57 Å². The molecule has 3 heteroatoms. The molecule has 0 saturated heterocycles. The van der Waals surface area contributed by atoms with Gasteiger partial charge in [-0.15, -0.1) is 0 Å². The molecule has 0 radical (unpaired) electrons. The van der Waals surface area contributed by atoms with Crippen molar-refractivity contribution in [3.8, 4) is 0 Å². The Morgan fingerprint density at radius 1 is 1.27 bits per heavy atom. The first-order valence-corrected chi connectivity index (χ1v) is 4.96. The van der Waals surface area contributed by atoms with E-state index in [0.29, 0.717) is 6.73 Å². The van der Waals surface area contributed by atoms with E-state index < -0.39 is 0 Å². The maximum absolute atomic E-state index is 5.04. The van der Waals surface area contributed by atoms with E-state index in [4.69, 9.17) is 4.74 Å². The van der Waals surface area contributed by atoms with Crippen molar-refractivity contribution >= 4 is 0 Å². The summed E-state index contributed by atoms with van der Waals surface area (Å²) in [5.74, 6) is 0. The number of imidazole rings is 1. The van der Waals surface area contributed by atoms with Crippen molar-refractivity contribution in [2.45, 2.75) is 13.3 Å². The molecule has 0 bridgehead atoms. The predicted octanol–water partition coefficient (Wildman–Crippen LogP) is 1.43. The van der Waals surface area contributed by atoms with Gasteiger partial charge in [0.15, 0.2) is 6.73 Å². The lowest BCUT2D eigenvalue weighted by molar-refractivity contribution is -0.688. The van der Waals surface area contributed by atoms with E-state index in [1.807, 2.05) is 29.4 Å². The van der Waals surface area contributed by atoms with Crippen LogP contribution < -0.4 is 4.57 Å². The van der Waals surface area contributed by atoms with Crippen LogP contribution in [0.1, 0.15) is 5.56 Å². The quantitative estimate of drug-likeness (QED) is 0.687. The van der Waals surface area contributed by atoms with Crippen molar-refractivity contribution < 1.29 is 9.30 Å². The number of benzene rings is 1. The van der Waals surface area contributed by atoms with Gasteiger partial charge >= 0.3 is 0 Å². The van der Waals surface area contributed by atoms with Gasteiger partial charge in [0.2, 0.25) is 6.33 Å². The molecule has 2 rings (SSSR count). The summed E-state index contributed by atoms with van der Waals surface area (Å²) >= 11 is 0. The monoisotopic (exact) mass is 203 g/mol. The van der Waals surface area contributed by atoms with Crippen LogP contribution in [0.25, 0.3) is 0 Å². The predicted molar refractivity (Wildman–Crippen MR) is 57.2 cm³/mol. The molecule has 1 heterocycles. The minimum Gasteiger partial charge on any atom is -0.345 e. The van der Waals surface area contributed by atoms with Crippen LogP contribution in [0.15, 0.2) is 49.1 Å². The highest BCUT2D eigenvalue weighted by atomic mass is 16.5. The number of aromatic nitrogens is 2. The van der Waals surface area contributed by atoms with Crippen LogP contribution in [0.2, 0.25) is 0 Å². The fourth-order valence-electron chi connectivity index (χ4n) is 1.55. The highest BCUT2D eigenvalue weighted by molar-refractivity contribution is 5.13. The molecular weight excluding hydrogens is 188 g/mol. The Balaban J connectivity index is 2.05. The molecule has 78 valence electrons. The number of rotatable bonds is 4. The molecular formula is C12H15N2O+. The second-order valence-electron chi connectivity index (χ2n) is 3.50. The molecule has 0 saturated carbocycles. The van der Waals surface area contributed by atoms with E-state index in [0.717, 1.165) is 6.54 Å². The first-order valence-electron chi connectivity index (χ1n) is 4.96. The van der Waals surface area contributed by atoms with Gasteiger partial charge in [0, 0.05) is 7.11 Å². The van der Waals surface area contributed by atoms with Crippen molar-refractivity contribution in [2.75, 3.05) is 7.11 Å². The zero-order valence-corrected chi connectivity index (χ0v) is 8.84. The third kappa shape index (κ3) is 2.67.